The van der Waals surface area contributed by atoms with Gasteiger partial charge in [0.05, 0.1) is 0 Å². The molecule has 0 aromatic carbocycles. The molecule has 0 saturated carbocycles. The van der Waals surface area contributed by atoms with Crippen LogP contribution in [-0.2, 0) is 0 Å². The lowest BCUT2D eigenvalue weighted by Gasteiger charge is -2.16. The van der Waals surface area contributed by atoms with Crippen molar-refractivity contribution in [1.82, 2.24) is 0 Å². The van der Waals surface area contributed by atoms with Crippen molar-refractivity contribution in [2.45, 2.75) is 21.3 Å². The van der Waals surface area contributed by atoms with Gasteiger partial charge in [0.2, 0.25) is 0 Å². The van der Waals surface area contributed by atoms with Gasteiger partial charge in [0.25, 0.3) is 0 Å². The first-order chi connectivity index (χ1) is 4.17. The van der Waals surface area contributed by atoms with Crippen LogP contribution in [0.3, 0.4) is 0 Å². The number of hydrogen-bond acceptors (Lipinski definition) is 1. The van der Waals surface area contributed by atoms with Gasteiger partial charge in [-0.15, -0.1) is 11.8 Å². The van der Waals surface area contributed by atoms with E-state index in [0.717, 1.165) is 11.7 Å². The van der Waals surface area contributed by atoms with E-state index in [1.807, 2.05) is 17.8 Å². The molecule has 0 nitrogen and oxygen atoms in total. The molecular formula is C6H6Cl2S. The minimum absolute atomic E-state index is 0.565. The van der Waals surface area contributed by atoms with Crippen molar-refractivity contribution in [1.29, 1.82) is 0 Å². The monoisotopic (exact) mass is 180 g/mol. The van der Waals surface area contributed by atoms with Crippen molar-refractivity contribution in [3.8, 4) is 0 Å². The lowest BCUT2D eigenvalue weighted by atomic mass is 10.1. The zero-order chi connectivity index (χ0) is 6.48. The first kappa shape index (κ1) is 6.38. The van der Waals surface area contributed by atoms with E-state index >= 15 is 0 Å². The third-order valence-corrected chi connectivity index (χ3v) is 3.48. The Balaban J connectivity index is 2.17. The average Bonchev–Trinajstić information content (AvgIpc) is 2.41. The van der Waals surface area contributed by atoms with E-state index < -0.39 is 4.33 Å². The molecule has 1 aliphatic heterocycles. The van der Waals surface area contributed by atoms with Crippen LogP contribution in [0.4, 0.5) is 0 Å². The highest BCUT2D eigenvalue weighted by Gasteiger charge is 2.44. The molecule has 1 heterocycles. The van der Waals surface area contributed by atoms with Gasteiger partial charge in [-0.05, 0) is 6.42 Å². The van der Waals surface area contributed by atoms with Crippen LogP contribution in [-0.4, -0.2) is 14.8 Å². The third kappa shape index (κ3) is 1.24. The van der Waals surface area contributed by atoms with E-state index in [1.54, 1.807) is 0 Å². The molecule has 3 heteroatoms. The summed E-state index contributed by atoms with van der Waals surface area (Å²) in [5.74, 6) is 0. The number of allylic oxidation sites excluding steroid dienone is 1. The first-order valence-electron chi connectivity index (χ1n) is 2.90. The molecule has 1 fully saturated rings. The summed E-state index contributed by atoms with van der Waals surface area (Å²) < 4.78 is -0.565. The number of rotatable bonds is 0. The standard InChI is InChI=1S/C6H6Cl2S/c7-6(8)2-1-4-5(3-6)9-4/h1-2,4-5H,3H2. The minimum Gasteiger partial charge on any atom is -0.148 e. The molecule has 0 N–H and O–H groups in total. The van der Waals surface area contributed by atoms with Gasteiger partial charge in [0.15, 0.2) is 0 Å². The van der Waals surface area contributed by atoms with Gasteiger partial charge in [-0.2, -0.15) is 0 Å². The summed E-state index contributed by atoms with van der Waals surface area (Å²) in [4.78, 5) is 0. The molecule has 0 aromatic heterocycles. The van der Waals surface area contributed by atoms with Crippen molar-refractivity contribution in [3.63, 3.8) is 0 Å². The molecule has 0 aromatic rings. The van der Waals surface area contributed by atoms with Gasteiger partial charge in [-0.25, -0.2) is 0 Å². The maximum absolute atomic E-state index is 5.86. The van der Waals surface area contributed by atoms with Crippen molar-refractivity contribution in [2.24, 2.45) is 0 Å². The van der Waals surface area contributed by atoms with Gasteiger partial charge in [-0.3, -0.25) is 0 Å². The summed E-state index contributed by atoms with van der Waals surface area (Å²) in [6.07, 6.45) is 4.93. The van der Waals surface area contributed by atoms with Crippen LogP contribution in [0.5, 0.6) is 0 Å². The second-order valence-corrected chi connectivity index (χ2v) is 5.43. The summed E-state index contributed by atoms with van der Waals surface area (Å²) in [7, 11) is 0. The van der Waals surface area contributed by atoms with Crippen LogP contribution < -0.4 is 0 Å². The van der Waals surface area contributed by atoms with E-state index in [4.69, 9.17) is 23.2 Å². The Kier molecular flexibility index (Phi) is 1.30. The van der Waals surface area contributed by atoms with Crippen LogP contribution in [0, 0.1) is 0 Å². The molecule has 0 radical (unpaired) electrons. The Morgan fingerprint density at radius 2 is 2.33 bits per heavy atom. The Bertz CT molecular complexity index is 164. The fourth-order valence-electron chi connectivity index (χ4n) is 1.06. The van der Waals surface area contributed by atoms with Crippen LogP contribution in [0.25, 0.3) is 0 Å². The van der Waals surface area contributed by atoms with Gasteiger partial charge in [0.1, 0.15) is 4.33 Å². The maximum Gasteiger partial charge on any atom is 0.137 e. The quantitative estimate of drug-likeness (QED) is 0.314. The highest BCUT2D eigenvalue weighted by molar-refractivity contribution is 8.07. The second kappa shape index (κ2) is 1.84. The molecule has 0 amide bonds. The first-order valence-corrected chi connectivity index (χ1v) is 4.60. The Labute approximate surface area is 68.6 Å². The molecule has 2 unspecified atom stereocenters. The van der Waals surface area contributed by atoms with Gasteiger partial charge in [0, 0.05) is 10.5 Å². The SMILES string of the molecule is ClC1(Cl)C=CC2SC2C1. The fourth-order valence-corrected chi connectivity index (χ4v) is 2.75. The van der Waals surface area contributed by atoms with Crippen LogP contribution in [0.2, 0.25) is 0 Å². The van der Waals surface area contributed by atoms with Crippen molar-refractivity contribution >= 4 is 35.0 Å². The summed E-state index contributed by atoms with van der Waals surface area (Å²) in [5.41, 5.74) is 0. The highest BCUT2D eigenvalue weighted by Crippen LogP contribution is 2.52. The summed E-state index contributed by atoms with van der Waals surface area (Å²) >= 11 is 13.7. The third-order valence-electron chi connectivity index (χ3n) is 1.62. The summed E-state index contributed by atoms with van der Waals surface area (Å²) in [5, 5.41) is 1.45. The Hall–Kier alpha value is 0.670. The summed E-state index contributed by atoms with van der Waals surface area (Å²) in [6.45, 7) is 0. The van der Waals surface area contributed by atoms with Gasteiger partial charge < -0.3 is 0 Å². The van der Waals surface area contributed by atoms with E-state index in [-0.39, 0.29) is 0 Å². The van der Waals surface area contributed by atoms with Crippen LogP contribution in [0.15, 0.2) is 12.2 Å². The van der Waals surface area contributed by atoms with Crippen LogP contribution in [0.1, 0.15) is 6.42 Å². The lowest BCUT2D eigenvalue weighted by molar-refractivity contribution is 0.780. The molecule has 1 saturated heterocycles. The maximum atomic E-state index is 5.86. The largest absolute Gasteiger partial charge is 0.148 e. The van der Waals surface area contributed by atoms with Gasteiger partial charge in [-0.1, -0.05) is 35.4 Å². The van der Waals surface area contributed by atoms with Crippen molar-refractivity contribution in [3.05, 3.63) is 12.2 Å². The molecule has 2 rings (SSSR count). The normalized spacial score (nSPS) is 44.2. The number of hydrogen-bond donors (Lipinski definition) is 0. The minimum atomic E-state index is -0.565. The molecule has 2 atom stereocenters. The number of thioether (sulfide) groups is 1. The zero-order valence-corrected chi connectivity index (χ0v) is 7.01. The van der Waals surface area contributed by atoms with E-state index in [0.29, 0.717) is 5.25 Å². The van der Waals surface area contributed by atoms with E-state index in [1.165, 1.54) is 0 Å². The molecular weight excluding hydrogens is 175 g/mol. The molecule has 50 valence electrons. The van der Waals surface area contributed by atoms with Crippen molar-refractivity contribution in [2.75, 3.05) is 0 Å². The smallest absolute Gasteiger partial charge is 0.137 e. The predicted octanol–water partition coefficient (Wildman–Crippen LogP) is 2.60. The average molecular weight is 181 g/mol. The number of fused-ring (bicyclic) bond motifs is 1. The molecule has 0 bridgehead atoms. The lowest BCUT2D eigenvalue weighted by Crippen LogP contribution is -2.16. The van der Waals surface area contributed by atoms with E-state index in [9.17, 15) is 0 Å². The zero-order valence-electron chi connectivity index (χ0n) is 4.68. The van der Waals surface area contributed by atoms with Gasteiger partial charge >= 0.3 is 0 Å². The predicted molar refractivity (Wildman–Crippen MR) is 43.4 cm³/mol. The van der Waals surface area contributed by atoms with Crippen LogP contribution >= 0.6 is 35.0 Å². The summed E-state index contributed by atoms with van der Waals surface area (Å²) in [6, 6.07) is 0. The fraction of sp³-hybridized carbons (Fsp3) is 0.667. The molecule has 9 heavy (non-hydrogen) atoms. The molecule has 1 aliphatic carbocycles. The highest BCUT2D eigenvalue weighted by atomic mass is 35.5. The second-order valence-electron chi connectivity index (χ2n) is 2.46. The topological polar surface area (TPSA) is 0 Å². The molecule has 2 aliphatic rings. The Morgan fingerprint density at radius 3 is 2.89 bits per heavy atom. The van der Waals surface area contributed by atoms with E-state index in [2.05, 4.69) is 6.08 Å². The van der Waals surface area contributed by atoms with Crippen molar-refractivity contribution < 1.29 is 0 Å². The Morgan fingerprint density at radius 1 is 1.56 bits per heavy atom. The number of alkyl halides is 2. The molecule has 0 spiro atoms. The number of halogens is 2.